The summed E-state index contributed by atoms with van der Waals surface area (Å²) in [4.78, 5) is 8.77. The summed E-state index contributed by atoms with van der Waals surface area (Å²) in [6, 6.07) is 1.74. The van der Waals surface area contributed by atoms with Crippen molar-refractivity contribution in [3.05, 3.63) is 23.8 Å². The van der Waals surface area contributed by atoms with Gasteiger partial charge < -0.3 is 9.84 Å². The van der Waals surface area contributed by atoms with Gasteiger partial charge in [-0.25, -0.2) is 9.97 Å². The molecule has 4 nitrogen and oxygen atoms in total. The highest BCUT2D eigenvalue weighted by Gasteiger charge is 2.42. The summed E-state index contributed by atoms with van der Waals surface area (Å²) in [7, 11) is 1.73. The number of nitrogens with zero attached hydrogens (tertiary/aromatic N) is 2. The molecular formula is C14H22N2O2. The monoisotopic (exact) mass is 250 g/mol. The Bertz CT molecular complexity index is 408. The maximum Gasteiger partial charge on any atom is 0.160 e. The van der Waals surface area contributed by atoms with Gasteiger partial charge in [-0.05, 0) is 37.2 Å². The third-order valence-corrected chi connectivity index (χ3v) is 4.08. The Morgan fingerprint density at radius 2 is 1.94 bits per heavy atom. The maximum absolute atomic E-state index is 9.17. The molecule has 1 N–H and O–H groups in total. The molecule has 0 bridgehead atoms. The fourth-order valence-electron chi connectivity index (χ4n) is 2.55. The van der Waals surface area contributed by atoms with Crippen molar-refractivity contribution in [3.63, 3.8) is 0 Å². The molecule has 1 aromatic heterocycles. The van der Waals surface area contributed by atoms with Crippen LogP contribution >= 0.6 is 0 Å². The molecule has 1 aliphatic rings. The standard InChI is InChI=1S/C14H22N2O2/c1-13(2)5-7-14(18-3,8-6-13)12-15-9-4-11(10-17)16-12/h4,9,17H,5-8,10H2,1-3H3. The van der Waals surface area contributed by atoms with Crippen molar-refractivity contribution in [2.24, 2.45) is 5.41 Å². The lowest BCUT2D eigenvalue weighted by atomic mass is 9.70. The Balaban J connectivity index is 2.27. The van der Waals surface area contributed by atoms with Gasteiger partial charge in [-0.15, -0.1) is 0 Å². The van der Waals surface area contributed by atoms with Crippen molar-refractivity contribution in [1.82, 2.24) is 9.97 Å². The molecule has 0 atom stereocenters. The van der Waals surface area contributed by atoms with Crippen LogP contribution in [0, 0.1) is 5.41 Å². The van der Waals surface area contributed by atoms with Crippen LogP contribution in [0.25, 0.3) is 0 Å². The quantitative estimate of drug-likeness (QED) is 0.895. The van der Waals surface area contributed by atoms with E-state index >= 15 is 0 Å². The highest BCUT2D eigenvalue weighted by molar-refractivity contribution is 5.10. The molecule has 1 aliphatic carbocycles. The summed E-state index contributed by atoms with van der Waals surface area (Å²) in [6.07, 6.45) is 5.78. The summed E-state index contributed by atoms with van der Waals surface area (Å²) < 4.78 is 5.75. The first-order chi connectivity index (χ1) is 8.51. The van der Waals surface area contributed by atoms with Crippen molar-refractivity contribution in [1.29, 1.82) is 0 Å². The zero-order chi connectivity index (χ0) is 13.2. The molecule has 0 amide bonds. The molecule has 2 rings (SSSR count). The smallest absolute Gasteiger partial charge is 0.160 e. The van der Waals surface area contributed by atoms with Gasteiger partial charge in [0.1, 0.15) is 5.60 Å². The SMILES string of the molecule is COC1(c2nccc(CO)n2)CCC(C)(C)CC1. The summed E-state index contributed by atoms with van der Waals surface area (Å²) >= 11 is 0. The predicted octanol–water partition coefficient (Wildman–Crippen LogP) is 2.41. The second kappa shape index (κ2) is 4.94. The van der Waals surface area contributed by atoms with Crippen LogP contribution in [-0.4, -0.2) is 22.2 Å². The molecule has 0 saturated heterocycles. The predicted molar refractivity (Wildman–Crippen MR) is 68.9 cm³/mol. The molecule has 1 saturated carbocycles. The fraction of sp³-hybridized carbons (Fsp3) is 0.714. The highest BCUT2D eigenvalue weighted by Crippen LogP contribution is 2.45. The largest absolute Gasteiger partial charge is 0.390 e. The van der Waals surface area contributed by atoms with Crippen molar-refractivity contribution < 1.29 is 9.84 Å². The second-order valence-electron chi connectivity index (χ2n) is 5.89. The van der Waals surface area contributed by atoms with E-state index in [4.69, 9.17) is 9.84 Å². The lowest BCUT2D eigenvalue weighted by Gasteiger charge is -2.41. The number of ether oxygens (including phenoxy) is 1. The van der Waals surface area contributed by atoms with Gasteiger partial charge in [0, 0.05) is 13.3 Å². The number of aromatic nitrogens is 2. The van der Waals surface area contributed by atoms with Crippen molar-refractivity contribution in [2.45, 2.75) is 51.7 Å². The summed E-state index contributed by atoms with van der Waals surface area (Å²) in [6.45, 7) is 4.52. The first-order valence-corrected chi connectivity index (χ1v) is 6.50. The molecule has 0 spiro atoms. The third-order valence-electron chi connectivity index (χ3n) is 4.08. The van der Waals surface area contributed by atoms with E-state index in [1.165, 1.54) is 0 Å². The Kier molecular flexibility index (Phi) is 3.69. The zero-order valence-electron chi connectivity index (χ0n) is 11.4. The molecule has 0 aliphatic heterocycles. The Hall–Kier alpha value is -1.00. The Morgan fingerprint density at radius 1 is 1.28 bits per heavy atom. The van der Waals surface area contributed by atoms with Gasteiger partial charge in [0.05, 0.1) is 12.3 Å². The molecule has 1 fully saturated rings. The van der Waals surface area contributed by atoms with Crippen molar-refractivity contribution in [2.75, 3.05) is 7.11 Å². The average Bonchev–Trinajstić information content (AvgIpc) is 2.39. The molecule has 0 aromatic carbocycles. The summed E-state index contributed by atoms with van der Waals surface area (Å²) in [5.74, 6) is 0.715. The van der Waals surface area contributed by atoms with E-state index < -0.39 is 0 Å². The average molecular weight is 250 g/mol. The number of hydrogen-bond acceptors (Lipinski definition) is 4. The summed E-state index contributed by atoms with van der Waals surface area (Å²) in [5.41, 5.74) is 0.651. The zero-order valence-corrected chi connectivity index (χ0v) is 11.4. The minimum Gasteiger partial charge on any atom is -0.390 e. The lowest BCUT2D eigenvalue weighted by molar-refractivity contribution is -0.0731. The molecular weight excluding hydrogens is 228 g/mol. The lowest BCUT2D eigenvalue weighted by Crippen LogP contribution is -2.38. The van der Waals surface area contributed by atoms with Crippen LogP contribution in [0.15, 0.2) is 12.3 Å². The van der Waals surface area contributed by atoms with E-state index in [2.05, 4.69) is 23.8 Å². The molecule has 1 heterocycles. The first kappa shape index (κ1) is 13.4. The van der Waals surface area contributed by atoms with Crippen molar-refractivity contribution >= 4 is 0 Å². The topological polar surface area (TPSA) is 55.2 Å². The second-order valence-corrected chi connectivity index (χ2v) is 5.89. The van der Waals surface area contributed by atoms with Crippen LogP contribution in [0.3, 0.4) is 0 Å². The van der Waals surface area contributed by atoms with Crippen LogP contribution in [0.4, 0.5) is 0 Å². The van der Waals surface area contributed by atoms with Gasteiger partial charge in [-0.3, -0.25) is 0 Å². The van der Waals surface area contributed by atoms with Crippen LogP contribution in [0.1, 0.15) is 51.0 Å². The van der Waals surface area contributed by atoms with Crippen LogP contribution in [0.5, 0.6) is 0 Å². The summed E-state index contributed by atoms with van der Waals surface area (Å²) in [5, 5.41) is 9.17. The van der Waals surface area contributed by atoms with E-state index in [-0.39, 0.29) is 12.2 Å². The van der Waals surface area contributed by atoms with Crippen LogP contribution in [0.2, 0.25) is 0 Å². The minimum absolute atomic E-state index is 0.0548. The fourth-order valence-corrected chi connectivity index (χ4v) is 2.55. The van der Waals surface area contributed by atoms with Crippen molar-refractivity contribution in [3.8, 4) is 0 Å². The molecule has 18 heavy (non-hydrogen) atoms. The van der Waals surface area contributed by atoms with Gasteiger partial charge in [0.15, 0.2) is 5.82 Å². The normalized spacial score (nSPS) is 21.8. The van der Waals surface area contributed by atoms with E-state index in [9.17, 15) is 0 Å². The molecule has 1 aromatic rings. The number of aliphatic hydroxyl groups excluding tert-OH is 1. The van der Waals surface area contributed by atoms with Gasteiger partial charge >= 0.3 is 0 Å². The number of hydrogen-bond donors (Lipinski definition) is 1. The number of rotatable bonds is 3. The number of aliphatic hydroxyl groups is 1. The van der Waals surface area contributed by atoms with E-state index in [1.54, 1.807) is 19.4 Å². The Morgan fingerprint density at radius 3 is 2.50 bits per heavy atom. The van der Waals surface area contributed by atoms with E-state index in [1.807, 2.05) is 0 Å². The Labute approximate surface area is 108 Å². The highest BCUT2D eigenvalue weighted by atomic mass is 16.5. The third kappa shape index (κ3) is 2.54. The van der Waals surface area contributed by atoms with Crippen LogP contribution in [-0.2, 0) is 16.9 Å². The first-order valence-electron chi connectivity index (χ1n) is 6.50. The molecule has 4 heteroatoms. The van der Waals surface area contributed by atoms with E-state index in [0.717, 1.165) is 25.7 Å². The van der Waals surface area contributed by atoms with Gasteiger partial charge in [-0.2, -0.15) is 0 Å². The maximum atomic E-state index is 9.17. The van der Waals surface area contributed by atoms with Gasteiger partial charge in [-0.1, -0.05) is 13.8 Å². The molecule has 100 valence electrons. The van der Waals surface area contributed by atoms with Gasteiger partial charge in [0.25, 0.3) is 0 Å². The number of methoxy groups -OCH3 is 1. The van der Waals surface area contributed by atoms with E-state index in [0.29, 0.717) is 16.9 Å². The molecule has 0 radical (unpaired) electrons. The van der Waals surface area contributed by atoms with Gasteiger partial charge in [0.2, 0.25) is 0 Å². The minimum atomic E-state index is -0.374. The molecule has 0 unspecified atom stereocenters. The van der Waals surface area contributed by atoms with Crippen LogP contribution < -0.4 is 0 Å².